The maximum Gasteiger partial charge on any atom is 0.335 e. The molecule has 3 N–H and O–H groups in total. The number of aromatic carboxylic acids is 1. The maximum atomic E-state index is 11.0. The first-order chi connectivity index (χ1) is 9.02. The van der Waals surface area contributed by atoms with E-state index in [1.165, 1.54) is 13.2 Å². The van der Waals surface area contributed by atoms with Gasteiger partial charge in [-0.05, 0) is 35.9 Å². The zero-order valence-corrected chi connectivity index (χ0v) is 10.9. The van der Waals surface area contributed by atoms with Gasteiger partial charge in [-0.25, -0.2) is 4.79 Å². The molecule has 0 saturated carbocycles. The number of nitrogens with two attached hydrogens (primary N) is 1. The van der Waals surface area contributed by atoms with E-state index in [0.29, 0.717) is 22.0 Å². The fourth-order valence-corrected chi connectivity index (χ4v) is 1.90. The summed E-state index contributed by atoms with van der Waals surface area (Å²) in [5.74, 6) is -0.419. The van der Waals surface area contributed by atoms with Gasteiger partial charge in [-0.15, -0.1) is 0 Å². The van der Waals surface area contributed by atoms with Crippen LogP contribution < -0.4 is 10.5 Å². The Kier molecular flexibility index (Phi) is 3.62. The molecule has 0 heterocycles. The second kappa shape index (κ2) is 5.20. The molecule has 4 nitrogen and oxygen atoms in total. The Bertz CT molecular complexity index is 641. The third-order valence-electron chi connectivity index (χ3n) is 2.75. The van der Waals surface area contributed by atoms with Gasteiger partial charge in [0.1, 0.15) is 5.75 Å². The summed E-state index contributed by atoms with van der Waals surface area (Å²) < 4.78 is 5.24. The number of hydrogen-bond acceptors (Lipinski definition) is 3. The highest BCUT2D eigenvalue weighted by atomic mass is 35.5. The van der Waals surface area contributed by atoms with Gasteiger partial charge in [0.05, 0.1) is 23.4 Å². The predicted molar refractivity (Wildman–Crippen MR) is 74.8 cm³/mol. The van der Waals surface area contributed by atoms with Gasteiger partial charge < -0.3 is 15.6 Å². The molecule has 0 saturated heterocycles. The number of carboxylic acid groups (broad SMARTS) is 1. The number of nitrogen functional groups attached to an aromatic ring is 1. The van der Waals surface area contributed by atoms with E-state index in [4.69, 9.17) is 27.2 Å². The molecular weight excluding hydrogens is 266 g/mol. The van der Waals surface area contributed by atoms with Gasteiger partial charge in [0.15, 0.2) is 0 Å². The van der Waals surface area contributed by atoms with Crippen LogP contribution in [0.4, 0.5) is 5.69 Å². The number of anilines is 1. The zero-order chi connectivity index (χ0) is 14.0. The van der Waals surface area contributed by atoms with E-state index < -0.39 is 5.97 Å². The molecule has 0 spiro atoms. The van der Waals surface area contributed by atoms with Crippen LogP contribution in [0.5, 0.6) is 5.75 Å². The first-order valence-electron chi connectivity index (χ1n) is 5.49. The molecular formula is C14H12ClNO3. The van der Waals surface area contributed by atoms with Crippen molar-refractivity contribution in [3.05, 3.63) is 47.0 Å². The Labute approximate surface area is 115 Å². The third-order valence-corrected chi connectivity index (χ3v) is 3.10. The second-order valence-electron chi connectivity index (χ2n) is 3.96. The highest BCUT2D eigenvalue weighted by Gasteiger charge is 2.11. The van der Waals surface area contributed by atoms with E-state index in [2.05, 4.69) is 0 Å². The van der Waals surface area contributed by atoms with Gasteiger partial charge in [-0.3, -0.25) is 0 Å². The number of ether oxygens (including phenoxy) is 1. The molecule has 0 atom stereocenters. The number of carbonyl (C=O) groups is 1. The van der Waals surface area contributed by atoms with E-state index in [-0.39, 0.29) is 5.56 Å². The molecule has 2 rings (SSSR count). The van der Waals surface area contributed by atoms with Crippen LogP contribution in [-0.4, -0.2) is 18.2 Å². The van der Waals surface area contributed by atoms with Crippen molar-refractivity contribution in [2.45, 2.75) is 0 Å². The van der Waals surface area contributed by atoms with Crippen LogP contribution in [0.3, 0.4) is 0 Å². The molecule has 0 fully saturated rings. The fraction of sp³-hybridized carbons (Fsp3) is 0.0714. The smallest absolute Gasteiger partial charge is 0.335 e. The van der Waals surface area contributed by atoms with Crippen LogP contribution in [0.25, 0.3) is 11.1 Å². The molecule has 0 aliphatic rings. The average Bonchev–Trinajstić information content (AvgIpc) is 2.41. The van der Waals surface area contributed by atoms with E-state index in [9.17, 15) is 4.79 Å². The standard InChI is InChI=1S/C14H12ClNO3/c1-19-13-5-3-9(14(17)18)6-10(13)8-2-4-11(15)12(16)7-8/h2-7H,16H2,1H3,(H,17,18). The molecule has 98 valence electrons. The SMILES string of the molecule is COc1ccc(C(=O)O)cc1-c1ccc(Cl)c(N)c1. The van der Waals surface area contributed by atoms with E-state index in [1.54, 1.807) is 30.3 Å². The van der Waals surface area contributed by atoms with Crippen LogP contribution >= 0.6 is 11.6 Å². The molecule has 0 radical (unpaired) electrons. The number of rotatable bonds is 3. The summed E-state index contributed by atoms with van der Waals surface area (Å²) in [6, 6.07) is 9.77. The molecule has 2 aromatic carbocycles. The topological polar surface area (TPSA) is 72.5 Å². The van der Waals surface area contributed by atoms with Gasteiger partial charge in [0.25, 0.3) is 0 Å². The molecule has 0 bridgehead atoms. The van der Waals surface area contributed by atoms with Crippen LogP contribution in [0.15, 0.2) is 36.4 Å². The Morgan fingerprint density at radius 2 is 2.00 bits per heavy atom. The van der Waals surface area contributed by atoms with Crippen molar-refractivity contribution in [3.63, 3.8) is 0 Å². The Morgan fingerprint density at radius 3 is 2.58 bits per heavy atom. The largest absolute Gasteiger partial charge is 0.496 e. The molecule has 0 unspecified atom stereocenters. The first kappa shape index (κ1) is 13.2. The minimum atomic E-state index is -0.995. The van der Waals surface area contributed by atoms with E-state index in [0.717, 1.165) is 5.56 Å². The quantitative estimate of drug-likeness (QED) is 0.845. The Balaban J connectivity index is 2.61. The number of hydrogen-bond donors (Lipinski definition) is 2. The lowest BCUT2D eigenvalue weighted by molar-refractivity contribution is 0.0697. The first-order valence-corrected chi connectivity index (χ1v) is 5.87. The molecule has 19 heavy (non-hydrogen) atoms. The number of benzene rings is 2. The number of halogens is 1. The summed E-state index contributed by atoms with van der Waals surface area (Å²) >= 11 is 5.87. The lowest BCUT2D eigenvalue weighted by atomic mass is 10.0. The van der Waals surface area contributed by atoms with Gasteiger partial charge in [0.2, 0.25) is 0 Å². The molecule has 0 aromatic heterocycles. The molecule has 0 aliphatic heterocycles. The van der Waals surface area contributed by atoms with Crippen molar-refractivity contribution in [2.75, 3.05) is 12.8 Å². The van der Waals surface area contributed by atoms with Crippen molar-refractivity contribution < 1.29 is 14.6 Å². The van der Waals surface area contributed by atoms with Crippen LogP contribution in [0.2, 0.25) is 5.02 Å². The Hall–Kier alpha value is -2.20. The second-order valence-corrected chi connectivity index (χ2v) is 4.36. The fourth-order valence-electron chi connectivity index (χ4n) is 1.78. The highest BCUT2D eigenvalue weighted by molar-refractivity contribution is 6.33. The summed E-state index contributed by atoms with van der Waals surface area (Å²) in [6.07, 6.45) is 0. The van der Waals surface area contributed by atoms with Crippen molar-refractivity contribution in [1.29, 1.82) is 0 Å². The van der Waals surface area contributed by atoms with Crippen LogP contribution in [0, 0.1) is 0 Å². The molecule has 2 aromatic rings. The van der Waals surface area contributed by atoms with Crippen LogP contribution in [0.1, 0.15) is 10.4 Å². The number of carboxylic acids is 1. The van der Waals surface area contributed by atoms with Crippen molar-refractivity contribution in [1.82, 2.24) is 0 Å². The van der Waals surface area contributed by atoms with Gasteiger partial charge in [-0.1, -0.05) is 17.7 Å². The minimum Gasteiger partial charge on any atom is -0.496 e. The normalized spacial score (nSPS) is 10.2. The zero-order valence-electron chi connectivity index (χ0n) is 10.2. The lowest BCUT2D eigenvalue weighted by Crippen LogP contribution is -1.98. The van der Waals surface area contributed by atoms with Crippen LogP contribution in [-0.2, 0) is 0 Å². The molecule has 5 heteroatoms. The Morgan fingerprint density at radius 1 is 1.26 bits per heavy atom. The van der Waals surface area contributed by atoms with Crippen molar-refractivity contribution >= 4 is 23.3 Å². The summed E-state index contributed by atoms with van der Waals surface area (Å²) in [4.78, 5) is 11.0. The van der Waals surface area contributed by atoms with Gasteiger partial charge in [0, 0.05) is 5.56 Å². The highest BCUT2D eigenvalue weighted by Crippen LogP contribution is 2.33. The minimum absolute atomic E-state index is 0.185. The molecule has 0 aliphatic carbocycles. The van der Waals surface area contributed by atoms with Gasteiger partial charge in [-0.2, -0.15) is 0 Å². The third kappa shape index (κ3) is 2.63. The summed E-state index contributed by atoms with van der Waals surface area (Å²) in [6.45, 7) is 0. The molecule has 0 amide bonds. The van der Waals surface area contributed by atoms with Crippen molar-refractivity contribution in [3.8, 4) is 16.9 Å². The lowest BCUT2D eigenvalue weighted by Gasteiger charge is -2.10. The van der Waals surface area contributed by atoms with Gasteiger partial charge >= 0.3 is 5.97 Å². The summed E-state index contributed by atoms with van der Waals surface area (Å²) in [5, 5.41) is 9.49. The van der Waals surface area contributed by atoms with E-state index in [1.807, 2.05) is 0 Å². The summed E-state index contributed by atoms with van der Waals surface area (Å²) in [5.41, 5.74) is 7.79. The monoisotopic (exact) mass is 277 g/mol. The maximum absolute atomic E-state index is 11.0. The van der Waals surface area contributed by atoms with Crippen molar-refractivity contribution in [2.24, 2.45) is 0 Å². The average molecular weight is 278 g/mol. The summed E-state index contributed by atoms with van der Waals surface area (Å²) in [7, 11) is 1.53. The predicted octanol–water partition coefficient (Wildman–Crippen LogP) is 3.30. The number of methoxy groups -OCH3 is 1. The van der Waals surface area contributed by atoms with E-state index >= 15 is 0 Å².